The molecule has 0 saturated carbocycles. The Hall–Kier alpha value is -2.73. The molecule has 0 aromatic heterocycles. The lowest BCUT2D eigenvalue weighted by Gasteiger charge is -2.48. The van der Waals surface area contributed by atoms with E-state index >= 15 is 0 Å². The summed E-state index contributed by atoms with van der Waals surface area (Å²) < 4.78 is 6.26. The Kier molecular flexibility index (Phi) is 5.64. The van der Waals surface area contributed by atoms with Gasteiger partial charge in [-0.25, -0.2) is 0 Å². The monoisotopic (exact) mass is 442 g/mol. The molecule has 3 aliphatic heterocycles. The number of hydrogen-bond donors (Lipinski definition) is 0. The van der Waals surface area contributed by atoms with E-state index in [1.54, 1.807) is 0 Å². The summed E-state index contributed by atoms with van der Waals surface area (Å²) in [5.74, 6) is 1.66. The van der Waals surface area contributed by atoms with Gasteiger partial charge in [-0.3, -0.25) is 0 Å². The zero-order chi connectivity index (χ0) is 24.2. The van der Waals surface area contributed by atoms with Crippen molar-refractivity contribution >= 4 is 11.8 Å². The van der Waals surface area contributed by atoms with Crippen LogP contribution in [0.5, 0.6) is 0 Å². The summed E-state index contributed by atoms with van der Waals surface area (Å²) in [4.78, 5) is 2.60. The third kappa shape index (κ3) is 4.41. The normalized spacial score (nSPS) is 22.7. The van der Waals surface area contributed by atoms with E-state index in [-0.39, 0.29) is 16.2 Å². The summed E-state index contributed by atoms with van der Waals surface area (Å²) in [6.45, 7) is 20.1. The number of ether oxygens (including phenoxy) is 1. The number of nitrogens with zero attached hydrogens (tertiary/aromatic N) is 2. The van der Waals surface area contributed by atoms with Crippen LogP contribution in [0.2, 0.25) is 0 Å². The van der Waals surface area contributed by atoms with Crippen LogP contribution in [-0.4, -0.2) is 13.1 Å². The van der Waals surface area contributed by atoms with Gasteiger partial charge in [0, 0.05) is 29.8 Å². The Bertz CT molecular complexity index is 1100. The van der Waals surface area contributed by atoms with Crippen LogP contribution in [0.15, 0.2) is 53.0 Å². The highest BCUT2D eigenvalue weighted by Crippen LogP contribution is 2.49. The molecule has 4 rings (SSSR count). The first-order valence-corrected chi connectivity index (χ1v) is 12.2. The molecule has 3 aliphatic rings. The van der Waals surface area contributed by atoms with Crippen LogP contribution >= 0.6 is 0 Å². The van der Waals surface area contributed by atoms with Gasteiger partial charge in [-0.05, 0) is 83.2 Å². The maximum Gasteiger partial charge on any atom is 0.127 e. The Balaban J connectivity index is 1.77. The van der Waals surface area contributed by atoms with Crippen molar-refractivity contribution in [3.8, 4) is 6.07 Å². The molecule has 0 spiro atoms. The summed E-state index contributed by atoms with van der Waals surface area (Å²) in [7, 11) is 0. The molecule has 0 radical (unpaired) electrons. The predicted molar refractivity (Wildman–Crippen MR) is 138 cm³/mol. The lowest BCUT2D eigenvalue weighted by atomic mass is 9.69. The van der Waals surface area contributed by atoms with E-state index in [9.17, 15) is 5.26 Å². The van der Waals surface area contributed by atoms with E-state index in [0.717, 1.165) is 30.2 Å². The average molecular weight is 443 g/mol. The number of anilines is 1. The fourth-order valence-corrected chi connectivity index (χ4v) is 4.99. The second-order valence-electron chi connectivity index (χ2n) is 12.2. The molecule has 0 N–H and O–H groups in total. The zero-order valence-corrected chi connectivity index (χ0v) is 21.6. The molecule has 0 fully saturated rings. The number of nitriles is 1. The maximum absolute atomic E-state index is 9.44. The fraction of sp³-hybridized carbons (Fsp3) is 0.500. The Morgan fingerprint density at radius 1 is 1.00 bits per heavy atom. The van der Waals surface area contributed by atoms with Gasteiger partial charge < -0.3 is 9.64 Å². The van der Waals surface area contributed by atoms with Crippen LogP contribution in [-0.2, 0) is 15.6 Å². The van der Waals surface area contributed by atoms with E-state index < -0.39 is 0 Å². The van der Waals surface area contributed by atoms with Gasteiger partial charge in [0.15, 0.2) is 0 Å². The topological polar surface area (TPSA) is 36.3 Å². The second-order valence-corrected chi connectivity index (χ2v) is 12.2. The van der Waals surface area contributed by atoms with E-state index in [1.165, 1.54) is 35.2 Å². The lowest BCUT2D eigenvalue weighted by Crippen LogP contribution is -2.44. The quantitative estimate of drug-likeness (QED) is 0.444. The summed E-state index contributed by atoms with van der Waals surface area (Å²) >= 11 is 0. The van der Waals surface area contributed by atoms with Crippen LogP contribution in [0.1, 0.15) is 84.9 Å². The van der Waals surface area contributed by atoms with Gasteiger partial charge >= 0.3 is 0 Å². The molecular formula is C30H38N2O. The van der Waals surface area contributed by atoms with Crippen LogP contribution in [0.4, 0.5) is 5.69 Å². The number of allylic oxidation sites excluding steroid dienone is 6. The number of benzene rings is 1. The molecule has 3 heteroatoms. The molecular weight excluding hydrogens is 404 g/mol. The minimum absolute atomic E-state index is 0.137. The minimum atomic E-state index is -0.137. The molecule has 0 saturated heterocycles. The molecule has 3 nitrogen and oxygen atoms in total. The van der Waals surface area contributed by atoms with Gasteiger partial charge in [0.1, 0.15) is 11.5 Å². The van der Waals surface area contributed by atoms with Crippen molar-refractivity contribution in [2.45, 2.75) is 79.1 Å². The highest BCUT2D eigenvalue weighted by Gasteiger charge is 2.39. The molecule has 0 atom stereocenters. The van der Waals surface area contributed by atoms with Crippen molar-refractivity contribution in [3.63, 3.8) is 0 Å². The van der Waals surface area contributed by atoms with Gasteiger partial charge in [-0.15, -0.1) is 0 Å². The van der Waals surface area contributed by atoms with Gasteiger partial charge in [0.25, 0.3) is 0 Å². The van der Waals surface area contributed by atoms with Crippen molar-refractivity contribution in [2.75, 3.05) is 18.0 Å². The van der Waals surface area contributed by atoms with Crippen LogP contribution in [0.25, 0.3) is 6.08 Å². The van der Waals surface area contributed by atoms with Crippen molar-refractivity contribution in [3.05, 3.63) is 69.7 Å². The molecule has 1 aromatic rings. The molecule has 1 aromatic carbocycles. The van der Waals surface area contributed by atoms with Crippen LogP contribution in [0, 0.1) is 16.7 Å². The van der Waals surface area contributed by atoms with E-state index in [1.807, 2.05) is 19.1 Å². The summed E-state index contributed by atoms with van der Waals surface area (Å²) in [6, 6.07) is 7.04. The largest absolute Gasteiger partial charge is 0.461 e. The molecule has 0 bridgehead atoms. The summed E-state index contributed by atoms with van der Waals surface area (Å²) in [5, 5.41) is 9.44. The standard InChI is InChI=1S/C30H38N2O/c1-20(19-31)22-17-23(33-26(18-22)28(2,3)4)10-9-21-15-24-27-25(16-21)30(7,8)12-14-32(27)13-11-29(24,5)6/h9-10,15-18H,11-14H2,1-8H3. The lowest BCUT2D eigenvalue weighted by molar-refractivity contribution is 0.223. The minimum Gasteiger partial charge on any atom is -0.461 e. The predicted octanol–water partition coefficient (Wildman–Crippen LogP) is 7.55. The summed E-state index contributed by atoms with van der Waals surface area (Å²) in [5.41, 5.74) is 7.44. The smallest absolute Gasteiger partial charge is 0.127 e. The van der Waals surface area contributed by atoms with Gasteiger partial charge in [0.2, 0.25) is 0 Å². The maximum atomic E-state index is 9.44. The average Bonchev–Trinajstić information content (AvgIpc) is 2.75. The van der Waals surface area contributed by atoms with E-state index in [0.29, 0.717) is 5.57 Å². The van der Waals surface area contributed by atoms with Gasteiger partial charge in [-0.2, -0.15) is 5.26 Å². The van der Waals surface area contributed by atoms with Crippen molar-refractivity contribution < 1.29 is 4.74 Å². The highest BCUT2D eigenvalue weighted by atomic mass is 16.5. The highest BCUT2D eigenvalue weighted by molar-refractivity contribution is 5.72. The zero-order valence-electron chi connectivity index (χ0n) is 21.6. The third-order valence-electron chi connectivity index (χ3n) is 7.51. The van der Waals surface area contributed by atoms with Gasteiger partial charge in [-0.1, -0.05) is 54.5 Å². The molecule has 0 unspecified atom stereocenters. The SMILES string of the molecule is CC(C#N)=C1C=C(C=Cc2cc3c4c(c2)C(C)(C)CCN4CCC3(C)C)OC(C(C)(C)C)=C1. The van der Waals surface area contributed by atoms with Crippen molar-refractivity contribution in [1.29, 1.82) is 5.26 Å². The molecule has 33 heavy (non-hydrogen) atoms. The third-order valence-corrected chi connectivity index (χ3v) is 7.51. The molecule has 174 valence electrons. The first kappa shape index (κ1) is 23.4. The number of hydrogen-bond acceptors (Lipinski definition) is 3. The second kappa shape index (κ2) is 7.94. The van der Waals surface area contributed by atoms with Crippen molar-refractivity contribution in [2.24, 2.45) is 5.41 Å². The summed E-state index contributed by atoms with van der Waals surface area (Å²) in [6.07, 6.45) is 10.6. The van der Waals surface area contributed by atoms with Crippen LogP contribution in [0.3, 0.4) is 0 Å². The molecule has 3 heterocycles. The Morgan fingerprint density at radius 2 is 1.58 bits per heavy atom. The van der Waals surface area contributed by atoms with Gasteiger partial charge in [0.05, 0.1) is 6.07 Å². The Morgan fingerprint density at radius 3 is 2.09 bits per heavy atom. The van der Waals surface area contributed by atoms with Crippen LogP contribution < -0.4 is 4.90 Å². The first-order valence-electron chi connectivity index (χ1n) is 12.2. The van der Waals surface area contributed by atoms with E-state index in [4.69, 9.17) is 4.74 Å². The van der Waals surface area contributed by atoms with E-state index in [2.05, 4.69) is 83.7 Å². The first-order chi connectivity index (χ1) is 15.3. The molecule has 0 amide bonds. The Labute approximate surface area is 200 Å². The van der Waals surface area contributed by atoms with Crippen molar-refractivity contribution in [1.82, 2.24) is 0 Å². The molecule has 0 aliphatic carbocycles. The fourth-order valence-electron chi connectivity index (χ4n) is 4.99. The number of rotatable bonds is 2.